The average Bonchev–Trinajstić information content (AvgIpc) is 3.11. The summed E-state index contributed by atoms with van der Waals surface area (Å²) in [4.78, 5) is 29.2. The van der Waals surface area contributed by atoms with Crippen LogP contribution in [0.1, 0.15) is 31.9 Å². The number of primary amides is 1. The van der Waals surface area contributed by atoms with Gasteiger partial charge in [-0.05, 0) is 36.6 Å². The van der Waals surface area contributed by atoms with Crippen molar-refractivity contribution in [3.8, 4) is 0 Å². The van der Waals surface area contributed by atoms with Gasteiger partial charge in [0.05, 0.1) is 11.3 Å². The molecule has 2 amide bonds. The summed E-state index contributed by atoms with van der Waals surface area (Å²) >= 11 is 2.95. The molecule has 2 aromatic carbocycles. The van der Waals surface area contributed by atoms with Gasteiger partial charge in [0.2, 0.25) is 5.91 Å². The van der Waals surface area contributed by atoms with Gasteiger partial charge < -0.3 is 11.1 Å². The highest BCUT2D eigenvalue weighted by molar-refractivity contribution is 8.00. The normalized spacial score (nSPS) is 13.2. The van der Waals surface area contributed by atoms with Crippen molar-refractivity contribution >= 4 is 52.3 Å². The number of carbonyl (C=O) groups is 2. The van der Waals surface area contributed by atoms with Crippen LogP contribution in [0.25, 0.3) is 0 Å². The van der Waals surface area contributed by atoms with E-state index in [1.165, 1.54) is 34.2 Å². The molecule has 0 saturated heterocycles. The van der Waals surface area contributed by atoms with E-state index >= 15 is 0 Å². The lowest BCUT2D eigenvalue weighted by molar-refractivity contribution is -0.113. The van der Waals surface area contributed by atoms with E-state index in [2.05, 4.69) is 22.3 Å². The van der Waals surface area contributed by atoms with Crippen LogP contribution in [0, 0.1) is 6.92 Å². The SMILES string of the molecule is Cc1ccc(SCC(=O)Nc2sc3c(c2C(N)=O)CCN(Cc2ccccc2)C3)cc1.Cl. The number of aryl methyl sites for hydroxylation is 1. The van der Waals surface area contributed by atoms with E-state index in [1.807, 2.05) is 49.4 Å². The Hall–Kier alpha value is -2.32. The molecule has 0 atom stereocenters. The first-order valence-electron chi connectivity index (χ1n) is 10.2. The van der Waals surface area contributed by atoms with E-state index in [0.717, 1.165) is 41.4 Å². The van der Waals surface area contributed by atoms with Gasteiger partial charge in [-0.1, -0.05) is 48.0 Å². The van der Waals surface area contributed by atoms with Crippen LogP contribution in [0.5, 0.6) is 0 Å². The molecule has 3 aromatic rings. The van der Waals surface area contributed by atoms with Crippen LogP contribution in [0.3, 0.4) is 0 Å². The number of fused-ring (bicyclic) bond motifs is 1. The molecule has 0 unspecified atom stereocenters. The highest BCUT2D eigenvalue weighted by Crippen LogP contribution is 2.37. The minimum Gasteiger partial charge on any atom is -0.365 e. The predicted octanol–water partition coefficient (Wildman–Crippen LogP) is 4.87. The fourth-order valence-electron chi connectivity index (χ4n) is 3.73. The van der Waals surface area contributed by atoms with Gasteiger partial charge in [-0.15, -0.1) is 35.5 Å². The number of thiophene rings is 1. The third-order valence-electron chi connectivity index (χ3n) is 5.28. The van der Waals surface area contributed by atoms with Crippen LogP contribution in [0.15, 0.2) is 59.5 Å². The van der Waals surface area contributed by atoms with Crippen molar-refractivity contribution in [3.05, 3.63) is 81.7 Å². The number of carbonyl (C=O) groups excluding carboxylic acids is 2. The first kappa shape index (κ1) is 24.3. The summed E-state index contributed by atoms with van der Waals surface area (Å²) in [5, 5.41) is 3.51. The first-order chi connectivity index (χ1) is 15.0. The minimum absolute atomic E-state index is 0. The maximum absolute atomic E-state index is 12.6. The van der Waals surface area contributed by atoms with Crippen LogP contribution in [-0.2, 0) is 24.3 Å². The summed E-state index contributed by atoms with van der Waals surface area (Å²) in [5.41, 5.74) is 9.61. The number of thioether (sulfide) groups is 1. The van der Waals surface area contributed by atoms with Crippen molar-refractivity contribution in [2.45, 2.75) is 31.3 Å². The quantitative estimate of drug-likeness (QED) is 0.466. The van der Waals surface area contributed by atoms with Crippen LogP contribution in [-0.4, -0.2) is 29.0 Å². The summed E-state index contributed by atoms with van der Waals surface area (Å²) < 4.78 is 0. The lowest BCUT2D eigenvalue weighted by Crippen LogP contribution is -2.30. The van der Waals surface area contributed by atoms with Crippen molar-refractivity contribution in [2.75, 3.05) is 17.6 Å². The van der Waals surface area contributed by atoms with Crippen molar-refractivity contribution in [1.29, 1.82) is 0 Å². The second-order valence-electron chi connectivity index (χ2n) is 7.67. The molecule has 2 heterocycles. The Bertz CT molecular complexity index is 1080. The molecule has 0 fully saturated rings. The van der Waals surface area contributed by atoms with E-state index < -0.39 is 5.91 Å². The molecule has 1 aliphatic rings. The summed E-state index contributed by atoms with van der Waals surface area (Å²) in [6.45, 7) is 4.50. The molecule has 32 heavy (non-hydrogen) atoms. The summed E-state index contributed by atoms with van der Waals surface area (Å²) in [6, 6.07) is 18.4. The maximum atomic E-state index is 12.6. The van der Waals surface area contributed by atoms with Crippen molar-refractivity contribution < 1.29 is 9.59 Å². The molecule has 0 bridgehead atoms. The Morgan fingerprint density at radius 1 is 1.12 bits per heavy atom. The molecule has 1 aliphatic heterocycles. The number of anilines is 1. The van der Waals surface area contributed by atoms with Crippen molar-refractivity contribution in [1.82, 2.24) is 4.90 Å². The fourth-order valence-corrected chi connectivity index (χ4v) is 5.74. The Labute approximate surface area is 202 Å². The Morgan fingerprint density at radius 3 is 2.53 bits per heavy atom. The minimum atomic E-state index is -0.476. The number of hydrogen-bond acceptors (Lipinski definition) is 5. The number of nitrogens with one attached hydrogen (secondary N) is 1. The average molecular weight is 488 g/mol. The van der Waals surface area contributed by atoms with E-state index in [4.69, 9.17) is 5.73 Å². The molecule has 1 aromatic heterocycles. The third kappa shape index (κ3) is 5.92. The molecule has 0 spiro atoms. The predicted molar refractivity (Wildman–Crippen MR) is 135 cm³/mol. The Morgan fingerprint density at radius 2 is 1.84 bits per heavy atom. The molecule has 3 N–H and O–H groups in total. The summed E-state index contributed by atoms with van der Waals surface area (Å²) in [7, 11) is 0. The van der Waals surface area contributed by atoms with Crippen LogP contribution >= 0.6 is 35.5 Å². The molecule has 8 heteroatoms. The van der Waals surface area contributed by atoms with Crippen LogP contribution in [0.4, 0.5) is 5.00 Å². The van der Waals surface area contributed by atoms with Gasteiger partial charge in [-0.25, -0.2) is 0 Å². The topological polar surface area (TPSA) is 75.4 Å². The van der Waals surface area contributed by atoms with Gasteiger partial charge >= 0.3 is 0 Å². The molecule has 0 aliphatic carbocycles. The highest BCUT2D eigenvalue weighted by atomic mass is 35.5. The number of hydrogen-bond donors (Lipinski definition) is 2. The summed E-state index contributed by atoms with van der Waals surface area (Å²) in [6.07, 6.45) is 0.755. The molecule has 5 nitrogen and oxygen atoms in total. The monoisotopic (exact) mass is 487 g/mol. The first-order valence-corrected chi connectivity index (χ1v) is 12.0. The number of benzene rings is 2. The van der Waals surface area contributed by atoms with Crippen LogP contribution < -0.4 is 11.1 Å². The largest absolute Gasteiger partial charge is 0.365 e. The zero-order valence-corrected chi connectivity index (χ0v) is 20.2. The van der Waals surface area contributed by atoms with E-state index in [9.17, 15) is 9.59 Å². The van der Waals surface area contributed by atoms with E-state index in [0.29, 0.717) is 10.6 Å². The fraction of sp³-hybridized carbons (Fsp3) is 0.250. The maximum Gasteiger partial charge on any atom is 0.251 e. The van der Waals surface area contributed by atoms with E-state index in [-0.39, 0.29) is 24.1 Å². The number of rotatable bonds is 7. The second-order valence-corrected chi connectivity index (χ2v) is 9.82. The second kappa shape index (κ2) is 11.0. The standard InChI is InChI=1S/C24H25N3O2S2.ClH/c1-16-7-9-18(10-8-16)30-15-21(28)26-24-22(23(25)29)19-11-12-27(14-20(19)31-24)13-17-5-3-2-4-6-17;/h2-10H,11-15H2,1H3,(H2,25,29)(H,26,28);1H. The van der Waals surface area contributed by atoms with Crippen molar-refractivity contribution in [2.24, 2.45) is 5.73 Å². The molecule has 0 radical (unpaired) electrons. The lowest BCUT2D eigenvalue weighted by Gasteiger charge is -2.27. The number of halogens is 1. The van der Waals surface area contributed by atoms with Gasteiger partial charge in [-0.3, -0.25) is 14.5 Å². The number of nitrogens with zero attached hydrogens (tertiary/aromatic N) is 1. The van der Waals surface area contributed by atoms with Gasteiger partial charge in [-0.2, -0.15) is 0 Å². The number of amides is 2. The molecular weight excluding hydrogens is 462 g/mol. The van der Waals surface area contributed by atoms with Gasteiger partial charge in [0.1, 0.15) is 5.00 Å². The van der Waals surface area contributed by atoms with Gasteiger partial charge in [0.15, 0.2) is 0 Å². The lowest BCUT2D eigenvalue weighted by atomic mass is 10.0. The molecule has 168 valence electrons. The molecular formula is C24H26ClN3O2S2. The summed E-state index contributed by atoms with van der Waals surface area (Å²) in [5.74, 6) is -0.326. The number of nitrogens with two attached hydrogens (primary N) is 1. The van der Waals surface area contributed by atoms with Gasteiger partial charge in [0.25, 0.3) is 5.91 Å². The third-order valence-corrected chi connectivity index (χ3v) is 7.42. The van der Waals surface area contributed by atoms with Crippen molar-refractivity contribution in [3.63, 3.8) is 0 Å². The highest BCUT2D eigenvalue weighted by Gasteiger charge is 2.27. The smallest absolute Gasteiger partial charge is 0.251 e. The van der Waals surface area contributed by atoms with E-state index in [1.54, 1.807) is 0 Å². The zero-order valence-electron chi connectivity index (χ0n) is 17.8. The molecule has 0 saturated carbocycles. The van der Waals surface area contributed by atoms with Crippen LogP contribution in [0.2, 0.25) is 0 Å². The van der Waals surface area contributed by atoms with Gasteiger partial charge in [0, 0.05) is 29.4 Å². The zero-order chi connectivity index (χ0) is 21.8. The molecule has 4 rings (SSSR count). The Kier molecular flexibility index (Phi) is 8.37. The Balaban J connectivity index is 0.00000289.